The molecule has 0 aromatic heterocycles. The van der Waals surface area contributed by atoms with Gasteiger partial charge >= 0.3 is 0 Å². The molecule has 2 rings (SSSR count). The van der Waals surface area contributed by atoms with Crippen molar-refractivity contribution in [3.8, 4) is 0 Å². The van der Waals surface area contributed by atoms with Crippen molar-refractivity contribution < 1.29 is 4.92 Å². The van der Waals surface area contributed by atoms with Gasteiger partial charge in [0.2, 0.25) is 0 Å². The van der Waals surface area contributed by atoms with Gasteiger partial charge in [0.05, 0.1) is 4.92 Å². The summed E-state index contributed by atoms with van der Waals surface area (Å²) >= 11 is 6.78. The summed E-state index contributed by atoms with van der Waals surface area (Å²) in [5.74, 6) is 0. The minimum absolute atomic E-state index is 0.0869. The molecular weight excluding hydrogens is 400 g/mol. The molecule has 0 saturated heterocycles. The average molecular weight is 414 g/mol. The number of hydrogen-bond donors (Lipinski definition) is 1. The summed E-state index contributed by atoms with van der Waals surface area (Å²) in [6.45, 7) is 2.47. The van der Waals surface area contributed by atoms with Crippen molar-refractivity contribution in [2.75, 3.05) is 0 Å². The minimum atomic E-state index is -0.356. The maximum absolute atomic E-state index is 11.1. The fourth-order valence-electron chi connectivity index (χ4n) is 2.06. The first-order valence-corrected chi connectivity index (χ1v) is 7.98. The molecule has 0 spiro atoms. The fraction of sp³-hybridized carbons (Fsp3) is 0.200. The molecule has 2 aromatic carbocycles. The van der Waals surface area contributed by atoms with Crippen LogP contribution in [0.25, 0.3) is 0 Å². The first-order valence-electron chi connectivity index (χ1n) is 6.39. The second kappa shape index (κ2) is 7.15. The van der Waals surface area contributed by atoms with Crippen molar-refractivity contribution in [3.63, 3.8) is 0 Å². The van der Waals surface area contributed by atoms with Crippen LogP contribution in [-0.4, -0.2) is 4.92 Å². The van der Waals surface area contributed by atoms with Crippen LogP contribution < -0.4 is 5.32 Å². The molecule has 0 unspecified atom stereocenters. The van der Waals surface area contributed by atoms with Crippen molar-refractivity contribution in [1.82, 2.24) is 5.32 Å². The third kappa shape index (κ3) is 4.12. The predicted molar refractivity (Wildman–Crippen MR) is 90.2 cm³/mol. The topological polar surface area (TPSA) is 55.2 Å². The Hall–Kier alpha value is -1.24. The standard InChI is InChI=1S/C15H14Br2N2O2/c1-10(13-4-2-3-5-14(13)17)18-9-11-6-7-12(16)8-15(11)19(20)21/h2-8,10,18H,9H2,1H3/t10-/m1/s1. The lowest BCUT2D eigenvalue weighted by Crippen LogP contribution is -2.19. The zero-order valence-electron chi connectivity index (χ0n) is 11.3. The van der Waals surface area contributed by atoms with E-state index in [1.54, 1.807) is 6.07 Å². The van der Waals surface area contributed by atoms with E-state index in [0.29, 0.717) is 16.6 Å². The van der Waals surface area contributed by atoms with Crippen LogP contribution in [0.4, 0.5) is 5.69 Å². The molecule has 21 heavy (non-hydrogen) atoms. The summed E-state index contributed by atoms with van der Waals surface area (Å²) in [5, 5.41) is 14.4. The molecule has 0 bridgehead atoms. The van der Waals surface area contributed by atoms with Gasteiger partial charge in [-0.3, -0.25) is 10.1 Å². The Morgan fingerprint density at radius 2 is 1.95 bits per heavy atom. The summed E-state index contributed by atoms with van der Waals surface area (Å²) in [6.07, 6.45) is 0. The van der Waals surface area contributed by atoms with Gasteiger partial charge in [0.25, 0.3) is 5.69 Å². The van der Waals surface area contributed by atoms with E-state index in [1.165, 1.54) is 6.07 Å². The largest absolute Gasteiger partial charge is 0.306 e. The van der Waals surface area contributed by atoms with E-state index in [-0.39, 0.29) is 16.7 Å². The number of nitro benzene ring substituents is 1. The SMILES string of the molecule is C[C@@H](NCc1ccc(Br)cc1[N+](=O)[O-])c1ccccc1Br. The Kier molecular flexibility index (Phi) is 5.50. The Labute approximate surface area is 140 Å². The number of hydrogen-bond acceptors (Lipinski definition) is 3. The van der Waals surface area contributed by atoms with Crippen LogP contribution in [0.3, 0.4) is 0 Å². The molecule has 6 heteroatoms. The lowest BCUT2D eigenvalue weighted by molar-refractivity contribution is -0.385. The van der Waals surface area contributed by atoms with Gasteiger partial charge < -0.3 is 5.32 Å². The summed E-state index contributed by atoms with van der Waals surface area (Å²) in [6, 6.07) is 13.1. The molecule has 0 saturated carbocycles. The molecule has 0 radical (unpaired) electrons. The van der Waals surface area contributed by atoms with Gasteiger partial charge in [-0.05, 0) is 30.7 Å². The normalized spacial score (nSPS) is 12.1. The minimum Gasteiger partial charge on any atom is -0.306 e. The number of nitro groups is 1. The Morgan fingerprint density at radius 1 is 1.24 bits per heavy atom. The third-order valence-electron chi connectivity index (χ3n) is 3.21. The van der Waals surface area contributed by atoms with Gasteiger partial charge in [0.1, 0.15) is 0 Å². The van der Waals surface area contributed by atoms with E-state index in [4.69, 9.17) is 0 Å². The number of nitrogens with one attached hydrogen (secondary N) is 1. The summed E-state index contributed by atoms with van der Waals surface area (Å²) in [4.78, 5) is 10.7. The van der Waals surface area contributed by atoms with Crippen LogP contribution in [0, 0.1) is 10.1 Å². The van der Waals surface area contributed by atoms with Gasteiger partial charge in [-0.2, -0.15) is 0 Å². The second-order valence-electron chi connectivity index (χ2n) is 4.65. The van der Waals surface area contributed by atoms with Crippen LogP contribution in [0.1, 0.15) is 24.1 Å². The summed E-state index contributed by atoms with van der Waals surface area (Å²) in [5.41, 5.74) is 1.91. The van der Waals surface area contributed by atoms with Crippen molar-refractivity contribution in [2.24, 2.45) is 0 Å². The lowest BCUT2D eigenvalue weighted by Gasteiger charge is -2.16. The van der Waals surface area contributed by atoms with E-state index < -0.39 is 0 Å². The molecule has 2 aromatic rings. The highest BCUT2D eigenvalue weighted by molar-refractivity contribution is 9.10. The van der Waals surface area contributed by atoms with E-state index in [2.05, 4.69) is 37.2 Å². The number of nitrogens with zero attached hydrogens (tertiary/aromatic N) is 1. The van der Waals surface area contributed by atoms with Gasteiger partial charge in [-0.15, -0.1) is 0 Å². The van der Waals surface area contributed by atoms with Crippen molar-refractivity contribution in [1.29, 1.82) is 0 Å². The molecular formula is C15H14Br2N2O2. The molecule has 4 nitrogen and oxygen atoms in total. The Balaban J connectivity index is 2.13. The maximum atomic E-state index is 11.1. The molecule has 0 heterocycles. The Bertz CT molecular complexity index is 662. The summed E-state index contributed by atoms with van der Waals surface area (Å²) in [7, 11) is 0. The highest BCUT2D eigenvalue weighted by atomic mass is 79.9. The van der Waals surface area contributed by atoms with Gasteiger partial charge in [-0.25, -0.2) is 0 Å². The zero-order chi connectivity index (χ0) is 15.4. The van der Waals surface area contributed by atoms with Crippen LogP contribution in [0.5, 0.6) is 0 Å². The van der Waals surface area contributed by atoms with Gasteiger partial charge in [0, 0.05) is 33.2 Å². The highest BCUT2D eigenvalue weighted by Crippen LogP contribution is 2.26. The monoisotopic (exact) mass is 412 g/mol. The number of halogens is 2. The highest BCUT2D eigenvalue weighted by Gasteiger charge is 2.15. The maximum Gasteiger partial charge on any atom is 0.275 e. The first-order chi connectivity index (χ1) is 9.99. The van der Waals surface area contributed by atoms with Crippen LogP contribution in [0.2, 0.25) is 0 Å². The smallest absolute Gasteiger partial charge is 0.275 e. The second-order valence-corrected chi connectivity index (χ2v) is 6.42. The summed E-state index contributed by atoms with van der Waals surface area (Å²) < 4.78 is 1.73. The lowest BCUT2D eigenvalue weighted by atomic mass is 10.1. The van der Waals surface area contributed by atoms with E-state index in [0.717, 1.165) is 10.0 Å². The van der Waals surface area contributed by atoms with Crippen molar-refractivity contribution >= 4 is 37.5 Å². The zero-order valence-corrected chi connectivity index (χ0v) is 14.5. The fourth-order valence-corrected chi connectivity index (χ4v) is 3.03. The van der Waals surface area contributed by atoms with E-state index >= 15 is 0 Å². The molecule has 1 atom stereocenters. The number of benzene rings is 2. The molecule has 0 aliphatic heterocycles. The molecule has 1 N–H and O–H groups in total. The molecule has 0 fully saturated rings. The quantitative estimate of drug-likeness (QED) is 0.556. The van der Waals surface area contributed by atoms with Crippen molar-refractivity contribution in [3.05, 3.63) is 72.7 Å². The van der Waals surface area contributed by atoms with Gasteiger partial charge in [-0.1, -0.05) is 50.1 Å². The molecule has 110 valence electrons. The first kappa shape index (κ1) is 16.1. The predicted octanol–water partition coefficient (Wildman–Crippen LogP) is 4.97. The van der Waals surface area contributed by atoms with Crippen LogP contribution >= 0.6 is 31.9 Å². The average Bonchev–Trinajstić information content (AvgIpc) is 2.46. The number of rotatable bonds is 5. The van der Waals surface area contributed by atoms with E-state index in [1.807, 2.05) is 37.3 Å². The van der Waals surface area contributed by atoms with Gasteiger partial charge in [0.15, 0.2) is 0 Å². The Morgan fingerprint density at radius 3 is 2.62 bits per heavy atom. The van der Waals surface area contributed by atoms with E-state index in [9.17, 15) is 10.1 Å². The molecule has 0 amide bonds. The molecule has 0 aliphatic carbocycles. The van der Waals surface area contributed by atoms with Crippen LogP contribution in [0.15, 0.2) is 51.4 Å². The van der Waals surface area contributed by atoms with Crippen molar-refractivity contribution in [2.45, 2.75) is 19.5 Å². The molecule has 0 aliphatic rings. The third-order valence-corrected chi connectivity index (χ3v) is 4.43. The van der Waals surface area contributed by atoms with Crippen LogP contribution in [-0.2, 0) is 6.54 Å².